The minimum atomic E-state index is -0.792. The summed E-state index contributed by atoms with van der Waals surface area (Å²) in [7, 11) is 0. The number of piperidine rings is 1. The lowest BCUT2D eigenvalue weighted by atomic mass is 9.85. The van der Waals surface area contributed by atoms with Crippen molar-refractivity contribution >= 4 is 12.0 Å². The van der Waals surface area contributed by atoms with Gasteiger partial charge in [-0.25, -0.2) is 4.79 Å². The Morgan fingerprint density at radius 3 is 2.37 bits per heavy atom. The monoisotopic (exact) mass is 382 g/mol. The number of hydrogen-bond acceptors (Lipinski definition) is 4. The normalized spacial score (nSPS) is 28.6. The number of carboxylic acid groups (broad SMARTS) is 1. The molecule has 156 valence electrons. The molecule has 2 unspecified atom stereocenters. The highest BCUT2D eigenvalue weighted by molar-refractivity contribution is 5.74. The fourth-order valence-electron chi connectivity index (χ4n) is 4.55. The number of carboxylic acids is 1. The molecule has 27 heavy (non-hydrogen) atoms. The van der Waals surface area contributed by atoms with Crippen molar-refractivity contribution in [3.63, 3.8) is 0 Å². The quantitative estimate of drug-likeness (QED) is 0.503. The minimum absolute atomic E-state index is 0.0780. The molecule has 0 spiro atoms. The Labute approximate surface area is 163 Å². The third-order valence-electron chi connectivity index (χ3n) is 5.84. The Balaban J connectivity index is 1.50. The highest BCUT2D eigenvalue weighted by atomic mass is 16.4. The van der Waals surface area contributed by atoms with Crippen molar-refractivity contribution in [3.05, 3.63) is 0 Å². The fraction of sp³-hybridized carbons (Fsp3) is 0.900. The smallest absolute Gasteiger partial charge is 0.317 e. The van der Waals surface area contributed by atoms with E-state index in [0.29, 0.717) is 6.54 Å². The molecule has 1 saturated carbocycles. The van der Waals surface area contributed by atoms with Crippen LogP contribution in [0.4, 0.5) is 4.79 Å². The average molecular weight is 383 g/mol. The summed E-state index contributed by atoms with van der Waals surface area (Å²) in [6, 6.07) is 0.333. The first kappa shape index (κ1) is 22.0. The first-order chi connectivity index (χ1) is 12.9. The summed E-state index contributed by atoms with van der Waals surface area (Å²) in [5.41, 5.74) is 0. The van der Waals surface area contributed by atoms with Crippen LogP contribution in [0.3, 0.4) is 0 Å². The van der Waals surface area contributed by atoms with E-state index in [0.717, 1.165) is 50.6 Å². The van der Waals surface area contributed by atoms with E-state index in [4.69, 9.17) is 5.11 Å². The number of rotatable bonds is 10. The molecular weight excluding hydrogens is 344 g/mol. The molecule has 0 aromatic rings. The summed E-state index contributed by atoms with van der Waals surface area (Å²) in [4.78, 5) is 27.4. The van der Waals surface area contributed by atoms with E-state index in [-0.39, 0.29) is 24.7 Å². The Bertz CT molecular complexity index is 472. The van der Waals surface area contributed by atoms with Gasteiger partial charge < -0.3 is 20.6 Å². The average Bonchev–Trinajstić information content (AvgIpc) is 2.54. The molecule has 1 saturated heterocycles. The minimum Gasteiger partial charge on any atom is -0.480 e. The third-order valence-corrected chi connectivity index (χ3v) is 5.84. The van der Waals surface area contributed by atoms with E-state index in [2.05, 4.69) is 29.4 Å². The molecule has 3 N–H and O–H groups in total. The Morgan fingerprint density at radius 1 is 1.11 bits per heavy atom. The summed E-state index contributed by atoms with van der Waals surface area (Å²) in [5.74, 6) is 0.797. The van der Waals surface area contributed by atoms with E-state index in [1.54, 1.807) is 0 Å². The molecule has 0 radical (unpaired) electrons. The first-order valence-corrected chi connectivity index (χ1v) is 10.6. The summed E-state index contributed by atoms with van der Waals surface area (Å²) in [6.45, 7) is 11.7. The summed E-state index contributed by atoms with van der Waals surface area (Å²) >= 11 is 0. The van der Waals surface area contributed by atoms with Crippen LogP contribution in [0.2, 0.25) is 0 Å². The molecule has 2 rings (SSSR count). The molecular formula is C20H38N4O3. The van der Waals surface area contributed by atoms with Gasteiger partial charge in [0.15, 0.2) is 0 Å². The number of nitrogens with zero attached hydrogens (tertiary/aromatic N) is 2. The third kappa shape index (κ3) is 7.66. The predicted molar refractivity (Wildman–Crippen MR) is 107 cm³/mol. The second-order valence-corrected chi connectivity index (χ2v) is 8.59. The predicted octanol–water partition coefficient (Wildman–Crippen LogP) is 1.98. The van der Waals surface area contributed by atoms with Crippen molar-refractivity contribution in [3.8, 4) is 0 Å². The van der Waals surface area contributed by atoms with E-state index >= 15 is 0 Å². The van der Waals surface area contributed by atoms with Crippen LogP contribution in [0.15, 0.2) is 0 Å². The van der Waals surface area contributed by atoms with Crippen LogP contribution in [-0.4, -0.2) is 78.3 Å². The van der Waals surface area contributed by atoms with Gasteiger partial charge in [-0.05, 0) is 57.0 Å². The van der Waals surface area contributed by atoms with Crippen molar-refractivity contribution in [2.75, 3.05) is 39.3 Å². The summed E-state index contributed by atoms with van der Waals surface area (Å²) in [6.07, 6.45) is 5.13. The van der Waals surface area contributed by atoms with Gasteiger partial charge in [0.05, 0.1) is 6.54 Å². The Hall–Kier alpha value is -1.34. The highest BCUT2D eigenvalue weighted by Crippen LogP contribution is 2.25. The molecule has 0 bridgehead atoms. The van der Waals surface area contributed by atoms with E-state index in [1.165, 1.54) is 19.5 Å². The number of aliphatic carboxylic acids is 1. The van der Waals surface area contributed by atoms with Gasteiger partial charge in [-0.1, -0.05) is 20.8 Å². The van der Waals surface area contributed by atoms with Crippen LogP contribution in [0.5, 0.6) is 0 Å². The number of hydrogen-bond donors (Lipinski definition) is 3. The van der Waals surface area contributed by atoms with Crippen molar-refractivity contribution in [2.24, 2.45) is 11.8 Å². The molecule has 2 amide bonds. The van der Waals surface area contributed by atoms with E-state index in [1.807, 2.05) is 11.8 Å². The molecule has 7 heteroatoms. The maximum Gasteiger partial charge on any atom is 0.317 e. The topological polar surface area (TPSA) is 84.9 Å². The zero-order valence-corrected chi connectivity index (χ0v) is 17.2. The van der Waals surface area contributed by atoms with Crippen LogP contribution < -0.4 is 10.6 Å². The molecule has 7 nitrogen and oxygen atoms in total. The van der Waals surface area contributed by atoms with Gasteiger partial charge in [-0.3, -0.25) is 9.69 Å². The molecule has 1 aliphatic carbocycles. The fourth-order valence-corrected chi connectivity index (χ4v) is 4.55. The van der Waals surface area contributed by atoms with Gasteiger partial charge in [0.25, 0.3) is 0 Å². The zero-order chi connectivity index (χ0) is 19.8. The molecule has 0 aromatic carbocycles. The van der Waals surface area contributed by atoms with Crippen LogP contribution >= 0.6 is 0 Å². The van der Waals surface area contributed by atoms with Crippen LogP contribution in [-0.2, 0) is 4.79 Å². The largest absolute Gasteiger partial charge is 0.480 e. The number of unbranched alkanes of at least 4 members (excludes halogenated alkanes) is 1. The van der Waals surface area contributed by atoms with Gasteiger partial charge >= 0.3 is 12.0 Å². The maximum absolute atomic E-state index is 12.0. The lowest BCUT2D eigenvalue weighted by Gasteiger charge is -2.42. The standard InChI is InChI=1S/C20H38N4O3/c1-4-24(14-19(25)26)18-10-17(11-18)22-20(27)21-7-5-6-8-23-12-15(2)9-16(3)13-23/h15-18H,4-14H2,1-3H3,(H,25,26)(H2,21,22,27). The number of carbonyl (C=O) groups excluding carboxylic acids is 1. The van der Waals surface area contributed by atoms with Gasteiger partial charge in [-0.15, -0.1) is 0 Å². The molecule has 2 atom stereocenters. The maximum atomic E-state index is 12.0. The van der Waals surface area contributed by atoms with Crippen molar-refractivity contribution < 1.29 is 14.7 Å². The van der Waals surface area contributed by atoms with Gasteiger partial charge in [-0.2, -0.15) is 0 Å². The first-order valence-electron chi connectivity index (χ1n) is 10.6. The number of likely N-dealkylation sites (tertiary alicyclic amines) is 1. The Kier molecular flexibility index (Phi) is 8.83. The molecule has 0 aromatic heterocycles. The molecule has 1 heterocycles. The lowest BCUT2D eigenvalue weighted by Crippen LogP contribution is -2.56. The molecule has 2 aliphatic rings. The number of likely N-dealkylation sites (N-methyl/N-ethyl adjacent to an activating group) is 1. The van der Waals surface area contributed by atoms with Crippen LogP contribution in [0.25, 0.3) is 0 Å². The molecule has 1 aliphatic heterocycles. The van der Waals surface area contributed by atoms with E-state index in [9.17, 15) is 9.59 Å². The number of amides is 2. The van der Waals surface area contributed by atoms with Gasteiger partial charge in [0.1, 0.15) is 0 Å². The summed E-state index contributed by atoms with van der Waals surface area (Å²) < 4.78 is 0. The Morgan fingerprint density at radius 2 is 1.78 bits per heavy atom. The van der Waals surface area contributed by atoms with Crippen molar-refractivity contribution in [2.45, 2.75) is 65.0 Å². The van der Waals surface area contributed by atoms with E-state index < -0.39 is 5.97 Å². The second kappa shape index (κ2) is 10.9. The van der Waals surface area contributed by atoms with Crippen molar-refractivity contribution in [1.82, 2.24) is 20.4 Å². The number of carbonyl (C=O) groups is 2. The van der Waals surface area contributed by atoms with Crippen LogP contribution in [0.1, 0.15) is 52.9 Å². The summed E-state index contributed by atoms with van der Waals surface area (Å²) in [5, 5.41) is 14.9. The number of nitrogens with one attached hydrogen (secondary N) is 2. The lowest BCUT2D eigenvalue weighted by molar-refractivity contribution is -0.139. The highest BCUT2D eigenvalue weighted by Gasteiger charge is 2.34. The van der Waals surface area contributed by atoms with Crippen LogP contribution in [0, 0.1) is 11.8 Å². The van der Waals surface area contributed by atoms with Gasteiger partial charge in [0.2, 0.25) is 0 Å². The second-order valence-electron chi connectivity index (χ2n) is 8.59. The van der Waals surface area contributed by atoms with Crippen molar-refractivity contribution in [1.29, 1.82) is 0 Å². The SMILES string of the molecule is CCN(CC(=O)O)C1CC(NC(=O)NCCCCN2CC(C)CC(C)C2)C1. The van der Waals surface area contributed by atoms with Gasteiger partial charge in [0, 0.05) is 31.7 Å². The molecule has 2 fully saturated rings. The number of urea groups is 1. The zero-order valence-electron chi connectivity index (χ0n) is 17.2.